The van der Waals surface area contributed by atoms with Crippen LogP contribution in [0.15, 0.2) is 42.5 Å². The van der Waals surface area contributed by atoms with Crippen molar-refractivity contribution in [1.82, 2.24) is 5.32 Å². The van der Waals surface area contributed by atoms with Crippen molar-refractivity contribution in [3.05, 3.63) is 53.6 Å². The second-order valence-corrected chi connectivity index (χ2v) is 11.3. The minimum Gasteiger partial charge on any atom is -0.508 e. The molecule has 2 unspecified atom stereocenters. The number of aromatic hydroxyl groups is 1. The van der Waals surface area contributed by atoms with Gasteiger partial charge in [0.1, 0.15) is 30.0 Å². The SMILES string of the molecule is O=P(O)(COc1ccc(CCNCC(O)COc2ccc(O)c(CO)c2)cc1)C1CCCCC1. The molecule has 0 aliphatic heterocycles. The van der Waals surface area contributed by atoms with Crippen molar-refractivity contribution in [3.63, 3.8) is 0 Å². The molecule has 0 aromatic heterocycles. The highest BCUT2D eigenvalue weighted by atomic mass is 31.2. The molecule has 0 bridgehead atoms. The topological polar surface area (TPSA) is 128 Å². The quantitative estimate of drug-likeness (QED) is 0.212. The fraction of sp³-hybridized carbons (Fsp3) is 0.520. The number of benzene rings is 2. The Hall–Kier alpha value is -2.09. The molecule has 1 aliphatic carbocycles. The number of aliphatic hydroxyl groups excluding tert-OH is 2. The van der Waals surface area contributed by atoms with Gasteiger partial charge in [0.2, 0.25) is 7.37 Å². The van der Waals surface area contributed by atoms with Gasteiger partial charge in [-0.25, -0.2) is 0 Å². The van der Waals surface area contributed by atoms with Gasteiger partial charge in [0.25, 0.3) is 0 Å². The van der Waals surface area contributed by atoms with E-state index in [2.05, 4.69) is 5.32 Å². The van der Waals surface area contributed by atoms with Crippen LogP contribution in [-0.2, 0) is 17.6 Å². The van der Waals surface area contributed by atoms with Gasteiger partial charge in [0.05, 0.1) is 6.61 Å². The van der Waals surface area contributed by atoms with E-state index < -0.39 is 13.5 Å². The number of hydrogen-bond acceptors (Lipinski definition) is 7. The van der Waals surface area contributed by atoms with Gasteiger partial charge in [-0.1, -0.05) is 31.4 Å². The second-order valence-electron chi connectivity index (χ2n) is 8.83. The molecule has 5 N–H and O–H groups in total. The third kappa shape index (κ3) is 8.29. The number of nitrogens with one attached hydrogen (secondary N) is 1. The summed E-state index contributed by atoms with van der Waals surface area (Å²) in [5, 5.41) is 32.0. The van der Waals surface area contributed by atoms with Crippen LogP contribution in [0.1, 0.15) is 43.2 Å². The third-order valence-electron chi connectivity index (χ3n) is 6.12. The molecule has 188 valence electrons. The first-order valence-electron chi connectivity index (χ1n) is 11.8. The molecule has 0 saturated heterocycles. The van der Waals surface area contributed by atoms with Crippen LogP contribution in [0.2, 0.25) is 0 Å². The van der Waals surface area contributed by atoms with Gasteiger partial charge in [-0.2, -0.15) is 0 Å². The lowest BCUT2D eigenvalue weighted by Gasteiger charge is -2.26. The normalized spacial score (nSPS) is 17.1. The van der Waals surface area contributed by atoms with E-state index in [0.717, 1.165) is 44.1 Å². The first-order chi connectivity index (χ1) is 16.4. The van der Waals surface area contributed by atoms with Crippen LogP contribution in [0.5, 0.6) is 17.2 Å². The fourth-order valence-electron chi connectivity index (χ4n) is 4.04. The number of aliphatic hydroxyl groups is 2. The summed E-state index contributed by atoms with van der Waals surface area (Å²) in [6, 6.07) is 12.1. The van der Waals surface area contributed by atoms with Crippen molar-refractivity contribution in [2.24, 2.45) is 0 Å². The summed E-state index contributed by atoms with van der Waals surface area (Å²) in [5.41, 5.74) is 1.33. The summed E-state index contributed by atoms with van der Waals surface area (Å²) in [4.78, 5) is 10.4. The van der Waals surface area contributed by atoms with Crippen LogP contribution >= 0.6 is 7.37 Å². The molecule has 2 atom stereocenters. The Morgan fingerprint density at radius 3 is 2.44 bits per heavy atom. The molecular formula is C25H36NO7P. The molecule has 1 saturated carbocycles. The van der Waals surface area contributed by atoms with E-state index >= 15 is 0 Å². The minimum atomic E-state index is -3.30. The number of rotatable bonds is 13. The Labute approximate surface area is 201 Å². The van der Waals surface area contributed by atoms with Gasteiger partial charge in [-0.3, -0.25) is 4.57 Å². The Bertz CT molecular complexity index is 931. The van der Waals surface area contributed by atoms with Crippen molar-refractivity contribution in [2.75, 3.05) is 26.0 Å². The molecule has 8 nitrogen and oxygen atoms in total. The zero-order valence-electron chi connectivity index (χ0n) is 19.4. The molecule has 2 aromatic rings. The van der Waals surface area contributed by atoms with Crippen LogP contribution < -0.4 is 14.8 Å². The molecule has 0 amide bonds. The van der Waals surface area contributed by atoms with E-state index in [0.29, 0.717) is 30.2 Å². The first-order valence-corrected chi connectivity index (χ1v) is 13.8. The van der Waals surface area contributed by atoms with Gasteiger partial charge in [0.15, 0.2) is 6.35 Å². The lowest BCUT2D eigenvalue weighted by molar-refractivity contribution is 0.106. The average molecular weight is 494 g/mol. The van der Waals surface area contributed by atoms with Crippen LogP contribution in [-0.4, -0.2) is 58.0 Å². The highest BCUT2D eigenvalue weighted by Gasteiger charge is 2.32. The van der Waals surface area contributed by atoms with Gasteiger partial charge < -0.3 is 35.0 Å². The first kappa shape index (κ1) is 26.5. The molecule has 0 radical (unpaired) electrons. The van der Waals surface area contributed by atoms with E-state index in [-0.39, 0.29) is 31.0 Å². The second kappa shape index (κ2) is 13.1. The fourth-order valence-corrected chi connectivity index (χ4v) is 5.76. The Morgan fingerprint density at radius 1 is 1.03 bits per heavy atom. The lowest BCUT2D eigenvalue weighted by atomic mass is 10.0. The van der Waals surface area contributed by atoms with Crippen molar-refractivity contribution in [1.29, 1.82) is 0 Å². The summed E-state index contributed by atoms with van der Waals surface area (Å²) < 4.78 is 23.7. The van der Waals surface area contributed by atoms with Gasteiger partial charge in [-0.05, 0) is 61.7 Å². The van der Waals surface area contributed by atoms with E-state index in [1.165, 1.54) is 12.1 Å². The highest BCUT2D eigenvalue weighted by molar-refractivity contribution is 7.58. The maximum atomic E-state index is 12.6. The molecule has 9 heteroatoms. The maximum Gasteiger partial charge on any atom is 0.239 e. The summed E-state index contributed by atoms with van der Waals surface area (Å²) in [6.45, 7) is 0.824. The van der Waals surface area contributed by atoms with Gasteiger partial charge in [-0.15, -0.1) is 0 Å². The molecule has 0 spiro atoms. The molecule has 2 aromatic carbocycles. The molecule has 34 heavy (non-hydrogen) atoms. The Balaban J connectivity index is 1.32. The molecule has 0 heterocycles. The average Bonchev–Trinajstić information content (AvgIpc) is 2.86. The summed E-state index contributed by atoms with van der Waals surface area (Å²) in [7, 11) is -3.30. The zero-order chi connectivity index (χ0) is 24.4. The largest absolute Gasteiger partial charge is 0.508 e. The Kier molecular flexibility index (Phi) is 10.2. The predicted molar refractivity (Wildman–Crippen MR) is 131 cm³/mol. The van der Waals surface area contributed by atoms with E-state index in [1.807, 2.05) is 24.3 Å². The monoisotopic (exact) mass is 493 g/mol. The third-order valence-corrected chi connectivity index (χ3v) is 8.28. The van der Waals surface area contributed by atoms with Crippen LogP contribution in [0.3, 0.4) is 0 Å². The van der Waals surface area contributed by atoms with Crippen molar-refractivity contribution >= 4 is 7.37 Å². The van der Waals surface area contributed by atoms with E-state index in [4.69, 9.17) is 9.47 Å². The molecule has 1 aliphatic rings. The summed E-state index contributed by atoms with van der Waals surface area (Å²) in [6.07, 6.45) is 4.72. The highest BCUT2D eigenvalue weighted by Crippen LogP contribution is 2.51. The minimum absolute atomic E-state index is 0.00417. The van der Waals surface area contributed by atoms with Crippen LogP contribution in [0, 0.1) is 0 Å². The summed E-state index contributed by atoms with van der Waals surface area (Å²) in [5.74, 6) is 1.07. The molecular weight excluding hydrogens is 457 g/mol. The maximum absolute atomic E-state index is 12.6. The number of ether oxygens (including phenoxy) is 2. The molecule has 1 fully saturated rings. The summed E-state index contributed by atoms with van der Waals surface area (Å²) >= 11 is 0. The van der Waals surface area contributed by atoms with Crippen molar-refractivity contribution in [2.45, 2.75) is 56.9 Å². The van der Waals surface area contributed by atoms with Crippen molar-refractivity contribution in [3.8, 4) is 17.2 Å². The number of hydrogen-bond donors (Lipinski definition) is 5. The van der Waals surface area contributed by atoms with E-state index in [9.17, 15) is 24.8 Å². The predicted octanol–water partition coefficient (Wildman–Crippen LogP) is 3.40. The van der Waals surface area contributed by atoms with Crippen LogP contribution in [0.25, 0.3) is 0 Å². The van der Waals surface area contributed by atoms with E-state index in [1.54, 1.807) is 6.07 Å². The van der Waals surface area contributed by atoms with Crippen molar-refractivity contribution < 1.29 is 34.3 Å². The molecule has 3 rings (SSSR count). The number of phenols is 1. The zero-order valence-corrected chi connectivity index (χ0v) is 20.3. The smallest absolute Gasteiger partial charge is 0.239 e. The standard InChI is InChI=1S/C25H36NO7P/c27-16-20-14-23(10-11-25(20)29)32-17-21(28)15-26-13-12-19-6-8-22(9-7-19)33-18-34(30,31)24-4-2-1-3-5-24/h6-11,14,21,24,26-29H,1-5,12-13,15-18H2,(H,30,31). The van der Waals surface area contributed by atoms with Crippen LogP contribution in [0.4, 0.5) is 0 Å². The van der Waals surface area contributed by atoms with Gasteiger partial charge in [0, 0.05) is 17.8 Å². The Morgan fingerprint density at radius 2 is 1.74 bits per heavy atom. The lowest BCUT2D eigenvalue weighted by Crippen LogP contribution is -2.32. The van der Waals surface area contributed by atoms with Gasteiger partial charge >= 0.3 is 0 Å².